The largest absolute Gasteiger partial charge is 0.481 e. The van der Waals surface area contributed by atoms with E-state index >= 15 is 0 Å². The van der Waals surface area contributed by atoms with Gasteiger partial charge in [-0.2, -0.15) is 9.97 Å². The van der Waals surface area contributed by atoms with Crippen LogP contribution in [0.15, 0.2) is 36.4 Å². The zero-order valence-electron chi connectivity index (χ0n) is 14.7. The summed E-state index contributed by atoms with van der Waals surface area (Å²) >= 11 is 0. The SMILES string of the molecule is COc1cc(OC)nc(OC(CNCc2ccccc2)C(C)C)n1. The third-order valence-corrected chi connectivity index (χ3v) is 3.59. The van der Waals surface area contributed by atoms with Gasteiger partial charge in [0.05, 0.1) is 20.3 Å². The lowest BCUT2D eigenvalue weighted by Gasteiger charge is -2.22. The molecule has 1 unspecified atom stereocenters. The van der Waals surface area contributed by atoms with E-state index in [1.807, 2.05) is 18.2 Å². The topological polar surface area (TPSA) is 65.5 Å². The monoisotopic (exact) mass is 331 g/mol. The van der Waals surface area contributed by atoms with Crippen LogP contribution in [-0.2, 0) is 6.54 Å². The third kappa shape index (κ3) is 5.38. The Labute approximate surface area is 143 Å². The zero-order chi connectivity index (χ0) is 17.4. The highest BCUT2D eigenvalue weighted by molar-refractivity contribution is 5.23. The number of methoxy groups -OCH3 is 2. The van der Waals surface area contributed by atoms with Crippen LogP contribution in [0.25, 0.3) is 0 Å². The summed E-state index contributed by atoms with van der Waals surface area (Å²) in [5.41, 5.74) is 1.24. The standard InChI is InChI=1S/C18H25N3O3/c1-13(2)15(12-19-11-14-8-6-5-7-9-14)24-18-20-16(22-3)10-17(21-18)23-4/h5-10,13,15,19H,11-12H2,1-4H3. The van der Waals surface area contributed by atoms with Gasteiger partial charge in [-0.15, -0.1) is 0 Å². The first-order valence-electron chi connectivity index (χ1n) is 8.00. The van der Waals surface area contributed by atoms with Gasteiger partial charge in [-0.05, 0) is 11.5 Å². The Bertz CT molecular complexity index is 598. The molecule has 6 heteroatoms. The Morgan fingerprint density at radius 1 is 1.00 bits per heavy atom. The molecule has 0 aliphatic rings. The Hall–Kier alpha value is -2.34. The van der Waals surface area contributed by atoms with Crippen LogP contribution in [0, 0.1) is 5.92 Å². The minimum atomic E-state index is -0.0643. The lowest BCUT2D eigenvalue weighted by Crippen LogP contribution is -2.35. The van der Waals surface area contributed by atoms with Crippen molar-refractivity contribution in [3.05, 3.63) is 42.0 Å². The Kier molecular flexibility index (Phi) is 6.81. The zero-order valence-corrected chi connectivity index (χ0v) is 14.7. The van der Waals surface area contributed by atoms with Crippen molar-refractivity contribution in [1.82, 2.24) is 15.3 Å². The first-order chi connectivity index (χ1) is 11.6. The number of rotatable bonds is 9. The number of hydrogen-bond acceptors (Lipinski definition) is 6. The highest BCUT2D eigenvalue weighted by Gasteiger charge is 2.18. The molecular formula is C18H25N3O3. The number of hydrogen-bond donors (Lipinski definition) is 1. The fourth-order valence-corrected chi connectivity index (χ4v) is 2.15. The van der Waals surface area contributed by atoms with Crippen LogP contribution in [0.5, 0.6) is 17.8 Å². The number of benzene rings is 1. The van der Waals surface area contributed by atoms with Crippen LogP contribution < -0.4 is 19.5 Å². The molecule has 1 atom stereocenters. The van der Waals surface area contributed by atoms with Crippen LogP contribution in [0.4, 0.5) is 0 Å². The van der Waals surface area contributed by atoms with Crippen LogP contribution in [-0.4, -0.2) is 36.8 Å². The fourth-order valence-electron chi connectivity index (χ4n) is 2.15. The van der Waals surface area contributed by atoms with Gasteiger partial charge < -0.3 is 19.5 Å². The summed E-state index contributed by atoms with van der Waals surface area (Å²) in [5.74, 6) is 1.13. The molecule has 0 saturated carbocycles. The van der Waals surface area contributed by atoms with Crippen molar-refractivity contribution in [2.45, 2.75) is 26.5 Å². The fraction of sp³-hybridized carbons (Fsp3) is 0.444. The molecule has 0 aliphatic carbocycles. The van der Waals surface area contributed by atoms with Gasteiger partial charge in [0, 0.05) is 13.1 Å². The maximum atomic E-state index is 5.95. The van der Waals surface area contributed by atoms with Crippen LogP contribution in [0.2, 0.25) is 0 Å². The molecule has 0 saturated heterocycles. The van der Waals surface area contributed by atoms with Crippen LogP contribution >= 0.6 is 0 Å². The van der Waals surface area contributed by atoms with Crippen LogP contribution in [0.1, 0.15) is 19.4 Å². The smallest absolute Gasteiger partial charge is 0.323 e. The summed E-state index contributed by atoms with van der Waals surface area (Å²) in [5, 5.41) is 3.42. The maximum absolute atomic E-state index is 5.95. The second-order valence-electron chi connectivity index (χ2n) is 5.75. The average molecular weight is 331 g/mol. The van der Waals surface area contributed by atoms with E-state index < -0.39 is 0 Å². The van der Waals surface area contributed by atoms with E-state index in [9.17, 15) is 0 Å². The van der Waals surface area contributed by atoms with E-state index in [1.54, 1.807) is 20.3 Å². The molecule has 24 heavy (non-hydrogen) atoms. The molecule has 0 fully saturated rings. The molecule has 0 radical (unpaired) electrons. The number of ether oxygens (including phenoxy) is 3. The summed E-state index contributed by atoms with van der Waals surface area (Å²) in [7, 11) is 3.10. The summed E-state index contributed by atoms with van der Waals surface area (Å²) in [4.78, 5) is 8.45. The van der Waals surface area contributed by atoms with Crippen LogP contribution in [0.3, 0.4) is 0 Å². The minimum Gasteiger partial charge on any atom is -0.481 e. The molecule has 1 aromatic heterocycles. The maximum Gasteiger partial charge on any atom is 0.323 e. The number of nitrogens with one attached hydrogen (secondary N) is 1. The molecule has 0 aliphatic heterocycles. The van der Waals surface area contributed by atoms with Crippen molar-refractivity contribution in [3.8, 4) is 17.8 Å². The van der Waals surface area contributed by atoms with E-state index in [2.05, 4.69) is 41.3 Å². The molecule has 6 nitrogen and oxygen atoms in total. The first-order valence-corrected chi connectivity index (χ1v) is 8.00. The summed E-state index contributed by atoms with van der Waals surface area (Å²) in [6.45, 7) is 5.68. The van der Waals surface area contributed by atoms with Crippen molar-refractivity contribution in [1.29, 1.82) is 0 Å². The van der Waals surface area contributed by atoms with E-state index in [-0.39, 0.29) is 12.1 Å². The van der Waals surface area contributed by atoms with Gasteiger partial charge >= 0.3 is 6.01 Å². The van der Waals surface area contributed by atoms with E-state index in [4.69, 9.17) is 14.2 Å². The van der Waals surface area contributed by atoms with Crippen molar-refractivity contribution in [2.24, 2.45) is 5.92 Å². The Balaban J connectivity index is 1.98. The summed E-state index contributed by atoms with van der Waals surface area (Å²) in [6, 6.07) is 12.1. The highest BCUT2D eigenvalue weighted by Crippen LogP contribution is 2.20. The van der Waals surface area contributed by atoms with Crippen molar-refractivity contribution in [2.75, 3.05) is 20.8 Å². The van der Waals surface area contributed by atoms with Gasteiger partial charge in [0.1, 0.15) is 6.10 Å². The number of aromatic nitrogens is 2. The molecule has 1 N–H and O–H groups in total. The second-order valence-corrected chi connectivity index (χ2v) is 5.75. The highest BCUT2D eigenvalue weighted by atomic mass is 16.5. The third-order valence-electron chi connectivity index (χ3n) is 3.59. The quantitative estimate of drug-likeness (QED) is 0.762. The Morgan fingerprint density at radius 3 is 2.17 bits per heavy atom. The predicted molar refractivity (Wildman–Crippen MR) is 92.5 cm³/mol. The molecule has 1 heterocycles. The van der Waals surface area contributed by atoms with E-state index in [0.29, 0.717) is 24.2 Å². The lowest BCUT2D eigenvalue weighted by atomic mass is 10.1. The van der Waals surface area contributed by atoms with Gasteiger partial charge in [0.15, 0.2) is 0 Å². The minimum absolute atomic E-state index is 0.0643. The summed E-state index contributed by atoms with van der Waals surface area (Å²) in [6.07, 6.45) is -0.0643. The molecular weight excluding hydrogens is 306 g/mol. The average Bonchev–Trinajstić information content (AvgIpc) is 2.61. The van der Waals surface area contributed by atoms with Crippen molar-refractivity contribution < 1.29 is 14.2 Å². The summed E-state index contributed by atoms with van der Waals surface area (Å²) < 4.78 is 16.3. The van der Waals surface area contributed by atoms with Gasteiger partial charge in [0.2, 0.25) is 11.8 Å². The van der Waals surface area contributed by atoms with E-state index in [1.165, 1.54) is 5.56 Å². The predicted octanol–water partition coefficient (Wildman–Crippen LogP) is 2.69. The van der Waals surface area contributed by atoms with Gasteiger partial charge in [-0.3, -0.25) is 0 Å². The van der Waals surface area contributed by atoms with Gasteiger partial charge in [-0.1, -0.05) is 44.2 Å². The molecule has 1 aromatic carbocycles. The normalized spacial score (nSPS) is 12.0. The molecule has 130 valence electrons. The number of nitrogens with zero attached hydrogens (tertiary/aromatic N) is 2. The Morgan fingerprint density at radius 2 is 1.62 bits per heavy atom. The molecule has 2 aromatic rings. The van der Waals surface area contributed by atoms with E-state index in [0.717, 1.165) is 6.54 Å². The molecule has 0 spiro atoms. The molecule has 0 bridgehead atoms. The van der Waals surface area contributed by atoms with Crippen molar-refractivity contribution in [3.63, 3.8) is 0 Å². The molecule has 0 amide bonds. The van der Waals surface area contributed by atoms with Gasteiger partial charge in [0.25, 0.3) is 0 Å². The molecule has 2 rings (SSSR count). The first kappa shape index (κ1) is 18.0. The van der Waals surface area contributed by atoms with Gasteiger partial charge in [-0.25, -0.2) is 0 Å². The lowest BCUT2D eigenvalue weighted by molar-refractivity contribution is 0.132. The second kappa shape index (κ2) is 9.08. The van der Waals surface area contributed by atoms with Crippen molar-refractivity contribution >= 4 is 0 Å².